The number of nitrogens with one attached hydrogen (secondary N) is 3. The molecule has 0 fully saturated rings. The molecule has 138 valence electrons. The number of nitrogens with two attached hydrogens (primary N) is 1. The van der Waals surface area contributed by atoms with Crippen molar-refractivity contribution in [1.29, 1.82) is 0 Å². The van der Waals surface area contributed by atoms with Gasteiger partial charge in [-0.1, -0.05) is 30.1 Å². The molecule has 5 N–H and O–H groups in total. The molecule has 1 atom stereocenters. The number of rotatable bonds is 7. The fourth-order valence-electron chi connectivity index (χ4n) is 1.66. The molecule has 0 aliphatic heterocycles. The molecular formula is C14H18Cl3N4O4+. The van der Waals surface area contributed by atoms with Gasteiger partial charge in [-0.15, -0.1) is 0 Å². The predicted octanol–water partition coefficient (Wildman–Crippen LogP) is 1.23. The summed E-state index contributed by atoms with van der Waals surface area (Å²) in [5, 5.41) is 4.72. The lowest BCUT2D eigenvalue weighted by Crippen LogP contribution is -2.46. The molecule has 1 aromatic heterocycles. The third-order valence-corrected chi connectivity index (χ3v) is 4.14. The van der Waals surface area contributed by atoms with Crippen LogP contribution in [0.5, 0.6) is 0 Å². The smallest absolute Gasteiger partial charge is 0.405 e. The van der Waals surface area contributed by atoms with Gasteiger partial charge < -0.3 is 21.1 Å². The molecule has 0 saturated carbocycles. The fourth-order valence-corrected chi connectivity index (χ4v) is 2.27. The van der Waals surface area contributed by atoms with E-state index < -0.39 is 24.5 Å². The first-order valence-electron chi connectivity index (χ1n) is 7.28. The first-order valence-corrected chi connectivity index (χ1v) is 8.41. The van der Waals surface area contributed by atoms with Crippen molar-refractivity contribution < 1.29 is 24.1 Å². The predicted molar refractivity (Wildman–Crippen MR) is 93.6 cm³/mol. The molecule has 0 aliphatic rings. The van der Waals surface area contributed by atoms with Gasteiger partial charge in [-0.05, 0) is 24.9 Å². The van der Waals surface area contributed by atoms with Gasteiger partial charge >= 0.3 is 11.7 Å². The lowest BCUT2D eigenvalue weighted by Gasteiger charge is -2.13. The maximum atomic E-state index is 12.0. The van der Waals surface area contributed by atoms with E-state index in [9.17, 15) is 14.4 Å². The molecule has 8 nitrogen and oxygen atoms in total. The van der Waals surface area contributed by atoms with Gasteiger partial charge in [-0.2, -0.15) is 4.98 Å². The Kier molecular flexibility index (Phi) is 8.21. The number of hydrogen-bond acceptors (Lipinski definition) is 5. The van der Waals surface area contributed by atoms with Gasteiger partial charge in [0.1, 0.15) is 16.1 Å². The largest absolute Gasteiger partial charge is 0.448 e. The van der Waals surface area contributed by atoms with E-state index in [1.807, 2.05) is 6.92 Å². The van der Waals surface area contributed by atoms with Crippen LogP contribution in [0.1, 0.15) is 30.8 Å². The summed E-state index contributed by atoms with van der Waals surface area (Å²) in [6, 6.07) is -0.770. The van der Waals surface area contributed by atoms with Crippen LogP contribution in [0.3, 0.4) is 0 Å². The maximum absolute atomic E-state index is 12.0. The van der Waals surface area contributed by atoms with E-state index in [4.69, 9.17) is 45.3 Å². The minimum absolute atomic E-state index is 0.0344. The van der Waals surface area contributed by atoms with Crippen molar-refractivity contribution in [2.24, 2.45) is 0 Å². The first kappa shape index (κ1) is 21.3. The summed E-state index contributed by atoms with van der Waals surface area (Å²) >= 11 is 17.5. The summed E-state index contributed by atoms with van der Waals surface area (Å²) in [7, 11) is 0. The molecule has 0 saturated heterocycles. The van der Waals surface area contributed by atoms with E-state index in [-0.39, 0.29) is 32.5 Å². The van der Waals surface area contributed by atoms with Crippen LogP contribution in [-0.4, -0.2) is 37.0 Å². The van der Waals surface area contributed by atoms with Gasteiger partial charge in [0.25, 0.3) is 11.1 Å². The molecule has 0 aromatic carbocycles. The third kappa shape index (κ3) is 5.91. The monoisotopic (exact) mass is 411 g/mol. The quantitative estimate of drug-likeness (QED) is 0.459. The Hall–Kier alpha value is -1.77. The first-order chi connectivity index (χ1) is 11.7. The van der Waals surface area contributed by atoms with Crippen molar-refractivity contribution >= 4 is 58.3 Å². The minimum Gasteiger partial charge on any atom is -0.448 e. The summed E-state index contributed by atoms with van der Waals surface area (Å²) in [6.07, 6.45) is 0.772. The van der Waals surface area contributed by atoms with Crippen molar-refractivity contribution in [3.8, 4) is 0 Å². The number of aromatic amines is 1. The number of halogens is 3. The molecule has 2 amide bonds. The molecule has 0 unspecified atom stereocenters. The Balaban J connectivity index is 2.62. The zero-order valence-corrected chi connectivity index (χ0v) is 15.8. The van der Waals surface area contributed by atoms with Crippen LogP contribution in [-0.2, 0) is 14.3 Å². The SMILES string of the molecule is CCCNC(=O)[C@@H](C)NC(=O)COC(=O)c1[nH+]c(Cl)c(Cl)c(N)c1Cl. The van der Waals surface area contributed by atoms with Crippen LogP contribution < -0.4 is 21.4 Å². The Labute approximate surface area is 159 Å². The highest BCUT2D eigenvalue weighted by Gasteiger charge is 2.28. The molecule has 0 bridgehead atoms. The number of hydrogen-bond donors (Lipinski definition) is 3. The molecule has 1 heterocycles. The molecular weight excluding hydrogens is 395 g/mol. The van der Waals surface area contributed by atoms with Crippen LogP contribution in [0.2, 0.25) is 15.2 Å². The van der Waals surface area contributed by atoms with Crippen molar-refractivity contribution in [3.05, 3.63) is 20.9 Å². The number of nitrogen functional groups attached to an aromatic ring is 1. The maximum Gasteiger partial charge on any atom is 0.405 e. The van der Waals surface area contributed by atoms with Gasteiger partial charge in [0.15, 0.2) is 6.61 Å². The fraction of sp³-hybridized carbons (Fsp3) is 0.429. The molecule has 0 spiro atoms. The average Bonchev–Trinajstić information content (AvgIpc) is 2.58. The van der Waals surface area contributed by atoms with Crippen LogP contribution in [0, 0.1) is 0 Å². The summed E-state index contributed by atoms with van der Waals surface area (Å²) in [4.78, 5) is 37.8. The van der Waals surface area contributed by atoms with Gasteiger partial charge in [0.2, 0.25) is 5.91 Å². The van der Waals surface area contributed by atoms with Crippen molar-refractivity contribution in [2.75, 3.05) is 18.9 Å². The van der Waals surface area contributed by atoms with Gasteiger partial charge in [0.05, 0.1) is 5.69 Å². The number of carbonyl (C=O) groups excluding carboxylic acids is 3. The van der Waals surface area contributed by atoms with Crippen LogP contribution in [0.25, 0.3) is 0 Å². The molecule has 0 radical (unpaired) electrons. The normalized spacial score (nSPS) is 11.6. The second-order valence-electron chi connectivity index (χ2n) is 5.01. The van der Waals surface area contributed by atoms with E-state index >= 15 is 0 Å². The number of pyridine rings is 1. The number of esters is 1. The van der Waals surface area contributed by atoms with E-state index in [0.29, 0.717) is 6.54 Å². The second kappa shape index (κ2) is 9.65. The second-order valence-corrected chi connectivity index (χ2v) is 6.15. The summed E-state index contributed by atoms with van der Waals surface area (Å²) in [5.41, 5.74) is 5.28. The van der Waals surface area contributed by atoms with Crippen LogP contribution in [0.15, 0.2) is 0 Å². The number of H-pyrrole nitrogens is 1. The zero-order valence-electron chi connectivity index (χ0n) is 13.5. The molecule has 0 aliphatic carbocycles. The molecule has 1 rings (SSSR count). The summed E-state index contributed by atoms with van der Waals surface area (Å²) in [5.74, 6) is -1.94. The highest BCUT2D eigenvalue weighted by atomic mass is 35.5. The number of amides is 2. The van der Waals surface area contributed by atoms with Crippen LogP contribution >= 0.6 is 34.8 Å². The Bertz CT molecular complexity index is 685. The Morgan fingerprint density at radius 2 is 1.88 bits per heavy atom. The van der Waals surface area contributed by atoms with E-state index in [1.165, 1.54) is 6.92 Å². The number of aromatic nitrogens is 1. The molecule has 11 heteroatoms. The highest BCUT2D eigenvalue weighted by Crippen LogP contribution is 2.32. The van der Waals surface area contributed by atoms with E-state index in [2.05, 4.69) is 15.6 Å². The van der Waals surface area contributed by atoms with E-state index in [1.54, 1.807) is 0 Å². The third-order valence-electron chi connectivity index (χ3n) is 2.98. The van der Waals surface area contributed by atoms with Crippen molar-refractivity contribution in [3.63, 3.8) is 0 Å². The summed E-state index contributed by atoms with van der Waals surface area (Å²) in [6.45, 7) is 3.30. The van der Waals surface area contributed by atoms with Gasteiger partial charge in [-0.25, -0.2) is 4.79 Å². The number of anilines is 1. The molecule has 25 heavy (non-hydrogen) atoms. The number of ether oxygens (including phenoxy) is 1. The standard InChI is InChI=1S/C14H17Cl3N4O4/c1-3-4-19-13(23)6(2)20-7(22)5-25-14(24)11-8(15)10(18)9(16)12(17)21-11/h6H,3-5H2,1-2H3,(H2,18,21)(H,19,23)(H,20,22)/p+1/t6-/m1/s1. The molecule has 1 aromatic rings. The van der Waals surface area contributed by atoms with Gasteiger partial charge in [-0.3, -0.25) is 9.59 Å². The van der Waals surface area contributed by atoms with Gasteiger partial charge in [0, 0.05) is 6.54 Å². The Morgan fingerprint density at radius 1 is 1.24 bits per heavy atom. The lowest BCUT2D eigenvalue weighted by atomic mass is 10.3. The lowest BCUT2D eigenvalue weighted by molar-refractivity contribution is -0.380. The minimum atomic E-state index is -0.950. The average molecular weight is 413 g/mol. The topological polar surface area (TPSA) is 125 Å². The Morgan fingerprint density at radius 3 is 2.48 bits per heavy atom. The van der Waals surface area contributed by atoms with Crippen molar-refractivity contribution in [1.82, 2.24) is 10.6 Å². The zero-order chi connectivity index (χ0) is 19.1. The highest BCUT2D eigenvalue weighted by molar-refractivity contribution is 6.45. The van der Waals surface area contributed by atoms with Crippen LogP contribution in [0.4, 0.5) is 5.69 Å². The summed E-state index contributed by atoms with van der Waals surface area (Å²) < 4.78 is 4.83. The number of carbonyl (C=O) groups is 3. The van der Waals surface area contributed by atoms with E-state index in [0.717, 1.165) is 6.42 Å². The van der Waals surface area contributed by atoms with Crippen molar-refractivity contribution in [2.45, 2.75) is 26.3 Å².